The van der Waals surface area contributed by atoms with Gasteiger partial charge in [0.1, 0.15) is 0 Å². The van der Waals surface area contributed by atoms with Gasteiger partial charge in [0.2, 0.25) is 0 Å². The van der Waals surface area contributed by atoms with E-state index in [0.717, 1.165) is 6.61 Å². The van der Waals surface area contributed by atoms with Gasteiger partial charge < -0.3 is 14.2 Å². The molecule has 0 atom stereocenters. The third-order valence-electron chi connectivity index (χ3n) is 4.62. The Kier molecular flexibility index (Phi) is 24.3. The second kappa shape index (κ2) is 24.6. The summed E-state index contributed by atoms with van der Waals surface area (Å²) < 4.78 is 16.2. The maximum Gasteiger partial charge on any atom is 0.0704 e. The van der Waals surface area contributed by atoms with Gasteiger partial charge in [0.25, 0.3) is 0 Å². The van der Waals surface area contributed by atoms with Crippen LogP contribution in [0.1, 0.15) is 96.8 Å². The van der Waals surface area contributed by atoms with Gasteiger partial charge in [-0.15, -0.1) is 6.58 Å². The van der Waals surface area contributed by atoms with E-state index in [9.17, 15) is 0 Å². The van der Waals surface area contributed by atoms with Crippen molar-refractivity contribution in [3.63, 3.8) is 0 Å². The minimum Gasteiger partial charge on any atom is -0.379 e. The summed E-state index contributed by atoms with van der Waals surface area (Å²) in [4.78, 5) is 0. The summed E-state index contributed by atoms with van der Waals surface area (Å²) in [5.41, 5.74) is 0. The molecule has 0 unspecified atom stereocenters. The van der Waals surface area contributed by atoms with Crippen LogP contribution in [-0.2, 0) is 14.2 Å². The fourth-order valence-corrected chi connectivity index (χ4v) is 3.01. The second-order valence-corrected chi connectivity index (χ2v) is 7.18. The highest BCUT2D eigenvalue weighted by atomic mass is 16.5. The number of ether oxygens (including phenoxy) is 3. The molecule has 0 heterocycles. The summed E-state index contributed by atoms with van der Waals surface area (Å²) in [7, 11) is 0. The van der Waals surface area contributed by atoms with Gasteiger partial charge in [0.15, 0.2) is 0 Å². The van der Waals surface area contributed by atoms with Gasteiger partial charge in [-0.3, -0.25) is 0 Å². The Bertz CT molecular complexity index is 256. The van der Waals surface area contributed by atoms with Gasteiger partial charge in [0, 0.05) is 6.61 Å². The average Bonchev–Trinajstić information content (AvgIpc) is 2.66. The van der Waals surface area contributed by atoms with Crippen LogP contribution in [0.3, 0.4) is 0 Å². The topological polar surface area (TPSA) is 27.7 Å². The Hall–Kier alpha value is -0.380. The quantitative estimate of drug-likeness (QED) is 0.148. The summed E-state index contributed by atoms with van der Waals surface area (Å²) >= 11 is 0. The van der Waals surface area contributed by atoms with Crippen LogP contribution in [0, 0.1) is 0 Å². The van der Waals surface area contributed by atoms with Crippen molar-refractivity contribution in [2.75, 3.05) is 39.6 Å². The van der Waals surface area contributed by atoms with E-state index in [2.05, 4.69) is 13.5 Å². The molecule has 0 amide bonds. The summed E-state index contributed by atoms with van der Waals surface area (Å²) in [6.07, 6.45) is 21.3. The zero-order valence-corrected chi connectivity index (χ0v) is 17.7. The molecule has 156 valence electrons. The minimum atomic E-state index is 0.596. The highest BCUT2D eigenvalue weighted by molar-refractivity contribution is 4.63. The van der Waals surface area contributed by atoms with Crippen molar-refractivity contribution in [1.29, 1.82) is 0 Å². The predicted octanol–water partition coefficient (Wildman–Crippen LogP) is 6.70. The van der Waals surface area contributed by atoms with Crippen LogP contribution in [0.15, 0.2) is 12.7 Å². The van der Waals surface area contributed by atoms with Gasteiger partial charge in [-0.05, 0) is 6.42 Å². The molecule has 0 aromatic carbocycles. The third kappa shape index (κ3) is 23.6. The smallest absolute Gasteiger partial charge is 0.0704 e. The minimum absolute atomic E-state index is 0.596. The van der Waals surface area contributed by atoms with Crippen molar-refractivity contribution in [1.82, 2.24) is 0 Å². The van der Waals surface area contributed by atoms with Gasteiger partial charge in [-0.1, -0.05) is 96.5 Å². The van der Waals surface area contributed by atoms with E-state index in [1.807, 2.05) is 0 Å². The van der Waals surface area contributed by atoms with E-state index in [1.165, 1.54) is 89.9 Å². The number of rotatable bonds is 23. The van der Waals surface area contributed by atoms with Crippen molar-refractivity contribution in [3.05, 3.63) is 12.7 Å². The summed E-state index contributed by atoms with van der Waals surface area (Å²) in [5, 5.41) is 0. The fraction of sp³-hybridized carbons (Fsp3) is 0.913. The van der Waals surface area contributed by atoms with Gasteiger partial charge >= 0.3 is 0 Å². The zero-order chi connectivity index (χ0) is 19.0. The number of hydrogen-bond donors (Lipinski definition) is 0. The predicted molar refractivity (Wildman–Crippen MR) is 113 cm³/mol. The molecule has 0 rings (SSSR count). The second-order valence-electron chi connectivity index (χ2n) is 7.18. The van der Waals surface area contributed by atoms with Crippen molar-refractivity contribution in [2.45, 2.75) is 96.8 Å². The molecule has 0 aliphatic heterocycles. The molecule has 0 N–H and O–H groups in total. The molecule has 0 radical (unpaired) electrons. The van der Waals surface area contributed by atoms with E-state index in [4.69, 9.17) is 14.2 Å². The molecule has 3 heteroatoms. The first-order valence-electron chi connectivity index (χ1n) is 11.3. The molecular formula is C23H46O3. The van der Waals surface area contributed by atoms with Crippen molar-refractivity contribution in [2.24, 2.45) is 0 Å². The first-order valence-corrected chi connectivity index (χ1v) is 11.3. The van der Waals surface area contributed by atoms with E-state index in [-0.39, 0.29) is 0 Å². The van der Waals surface area contributed by atoms with E-state index < -0.39 is 0 Å². The Morgan fingerprint density at radius 3 is 1.35 bits per heavy atom. The maximum atomic E-state index is 5.59. The van der Waals surface area contributed by atoms with Gasteiger partial charge in [-0.25, -0.2) is 0 Å². The lowest BCUT2D eigenvalue weighted by Gasteiger charge is -2.06. The van der Waals surface area contributed by atoms with Crippen LogP contribution < -0.4 is 0 Å². The van der Waals surface area contributed by atoms with Crippen molar-refractivity contribution < 1.29 is 14.2 Å². The highest BCUT2D eigenvalue weighted by Crippen LogP contribution is 2.12. The lowest BCUT2D eigenvalue weighted by atomic mass is 10.0. The molecule has 0 aromatic heterocycles. The maximum absolute atomic E-state index is 5.59. The van der Waals surface area contributed by atoms with E-state index in [0.29, 0.717) is 33.0 Å². The van der Waals surface area contributed by atoms with Crippen LogP contribution in [0.2, 0.25) is 0 Å². The number of unbranched alkanes of at least 4 members (excludes halogenated alkanes) is 13. The molecule has 0 aliphatic carbocycles. The summed E-state index contributed by atoms with van der Waals surface area (Å²) in [5.74, 6) is 0. The Labute approximate surface area is 163 Å². The average molecular weight is 371 g/mol. The normalized spacial score (nSPS) is 11.1. The monoisotopic (exact) mass is 370 g/mol. The standard InChI is InChI=1S/C23H46O3/c1-3-5-6-7-8-9-10-11-12-13-14-15-16-17-19-25-21-23-26-22-20-24-18-4-2/h4H,2-3,5-23H2,1H3. The molecule has 26 heavy (non-hydrogen) atoms. The molecular weight excluding hydrogens is 324 g/mol. The molecule has 0 fully saturated rings. The van der Waals surface area contributed by atoms with E-state index in [1.54, 1.807) is 6.08 Å². The Balaban J connectivity index is 2.96. The molecule has 0 aromatic rings. The molecule has 0 saturated heterocycles. The highest BCUT2D eigenvalue weighted by Gasteiger charge is 1.95. The van der Waals surface area contributed by atoms with Crippen LogP contribution >= 0.6 is 0 Å². The van der Waals surface area contributed by atoms with Crippen LogP contribution in [0.4, 0.5) is 0 Å². The first-order chi connectivity index (χ1) is 12.9. The molecule has 0 bridgehead atoms. The third-order valence-corrected chi connectivity index (χ3v) is 4.62. The molecule has 0 saturated carbocycles. The SMILES string of the molecule is C=CCOCCOCCOCCCCCCCCCCCCCCCC. The van der Waals surface area contributed by atoms with Gasteiger partial charge in [0.05, 0.1) is 33.0 Å². The zero-order valence-electron chi connectivity index (χ0n) is 17.7. The van der Waals surface area contributed by atoms with Crippen LogP contribution in [-0.4, -0.2) is 39.6 Å². The molecule has 0 spiro atoms. The summed E-state index contributed by atoms with van der Waals surface area (Å²) in [6.45, 7) is 9.97. The molecule has 3 nitrogen and oxygen atoms in total. The lowest BCUT2D eigenvalue weighted by Crippen LogP contribution is -2.09. The van der Waals surface area contributed by atoms with Gasteiger partial charge in [-0.2, -0.15) is 0 Å². The fourth-order valence-electron chi connectivity index (χ4n) is 3.01. The largest absolute Gasteiger partial charge is 0.379 e. The van der Waals surface area contributed by atoms with Crippen LogP contribution in [0.25, 0.3) is 0 Å². The number of hydrogen-bond acceptors (Lipinski definition) is 3. The lowest BCUT2D eigenvalue weighted by molar-refractivity contribution is 0.0188. The van der Waals surface area contributed by atoms with Crippen molar-refractivity contribution in [3.8, 4) is 0 Å². The van der Waals surface area contributed by atoms with Crippen molar-refractivity contribution >= 4 is 0 Å². The first kappa shape index (κ1) is 25.6. The summed E-state index contributed by atoms with van der Waals surface area (Å²) in [6, 6.07) is 0. The van der Waals surface area contributed by atoms with Crippen LogP contribution in [0.5, 0.6) is 0 Å². The van der Waals surface area contributed by atoms with E-state index >= 15 is 0 Å². The molecule has 0 aliphatic rings. The Morgan fingerprint density at radius 1 is 0.500 bits per heavy atom. The Morgan fingerprint density at radius 2 is 0.885 bits per heavy atom.